The molecule has 1 N–H and O–H groups in total. The summed E-state index contributed by atoms with van der Waals surface area (Å²) in [6.45, 7) is 6.62. The second kappa shape index (κ2) is 3.86. The van der Waals surface area contributed by atoms with E-state index in [0.29, 0.717) is 6.04 Å². The van der Waals surface area contributed by atoms with Crippen molar-refractivity contribution in [2.24, 2.45) is 0 Å². The summed E-state index contributed by atoms with van der Waals surface area (Å²) in [5, 5.41) is 8.28. The summed E-state index contributed by atoms with van der Waals surface area (Å²) < 4.78 is 2.29. The lowest BCUT2D eigenvalue weighted by atomic mass is 10.0. The molecule has 1 aromatic rings. The molecule has 4 nitrogen and oxygen atoms in total. The highest BCUT2D eigenvalue weighted by Crippen LogP contribution is 2.26. The highest BCUT2D eigenvalue weighted by molar-refractivity contribution is 5.29. The van der Waals surface area contributed by atoms with E-state index in [4.69, 9.17) is 5.10 Å². The zero-order valence-electron chi connectivity index (χ0n) is 10.2. The van der Waals surface area contributed by atoms with Crippen molar-refractivity contribution in [3.8, 4) is 0 Å². The van der Waals surface area contributed by atoms with E-state index in [1.54, 1.807) is 0 Å². The molecular weight excluding hydrogens is 200 g/mol. The first-order valence-electron chi connectivity index (χ1n) is 6.28. The predicted octanol–water partition coefficient (Wildman–Crippen LogP) is 0.578. The molecule has 0 bridgehead atoms. The maximum atomic E-state index is 4.82. The van der Waals surface area contributed by atoms with E-state index >= 15 is 0 Å². The van der Waals surface area contributed by atoms with Gasteiger partial charge in [0, 0.05) is 19.6 Å². The molecule has 4 heteroatoms. The summed E-state index contributed by atoms with van der Waals surface area (Å²) in [6, 6.07) is 0.610. The fourth-order valence-corrected chi connectivity index (χ4v) is 2.86. The number of nitrogens with one attached hydrogen (secondary N) is 1. The van der Waals surface area contributed by atoms with Crippen molar-refractivity contribution in [3.05, 3.63) is 17.0 Å². The zero-order valence-corrected chi connectivity index (χ0v) is 10.2. The average Bonchev–Trinajstić information content (AvgIpc) is 2.63. The van der Waals surface area contributed by atoms with E-state index in [1.807, 2.05) is 0 Å². The number of aryl methyl sites for hydroxylation is 1. The smallest absolute Gasteiger partial charge is 0.0776 e. The van der Waals surface area contributed by atoms with E-state index < -0.39 is 0 Å². The lowest BCUT2D eigenvalue weighted by Gasteiger charge is -2.37. The van der Waals surface area contributed by atoms with Crippen molar-refractivity contribution in [1.29, 1.82) is 0 Å². The Balaban J connectivity index is 1.95. The highest BCUT2D eigenvalue weighted by atomic mass is 15.4. The van der Waals surface area contributed by atoms with Crippen molar-refractivity contribution >= 4 is 0 Å². The van der Waals surface area contributed by atoms with Crippen molar-refractivity contribution in [3.63, 3.8) is 0 Å². The summed E-state index contributed by atoms with van der Waals surface area (Å²) in [5.74, 6) is 0. The third kappa shape index (κ3) is 1.48. The minimum atomic E-state index is 0.610. The molecule has 0 radical (unpaired) electrons. The second-order valence-electron chi connectivity index (χ2n) is 4.97. The van der Waals surface area contributed by atoms with Crippen LogP contribution in [0.25, 0.3) is 0 Å². The normalized spacial score (nSPS) is 21.9. The number of hydrogen-bond acceptors (Lipinski definition) is 3. The van der Waals surface area contributed by atoms with Crippen molar-refractivity contribution in [1.82, 2.24) is 20.0 Å². The van der Waals surface area contributed by atoms with Crippen LogP contribution in [0.2, 0.25) is 0 Å². The molecular formula is C12H20N4. The van der Waals surface area contributed by atoms with Gasteiger partial charge in [-0.1, -0.05) is 6.92 Å². The van der Waals surface area contributed by atoms with Crippen LogP contribution < -0.4 is 5.32 Å². The van der Waals surface area contributed by atoms with Crippen LogP contribution in [0.4, 0.5) is 0 Å². The van der Waals surface area contributed by atoms with Gasteiger partial charge in [0.05, 0.1) is 17.4 Å². The number of rotatable bonds is 2. The first-order valence-corrected chi connectivity index (χ1v) is 6.28. The monoisotopic (exact) mass is 220 g/mol. The molecule has 3 rings (SSSR count). The summed E-state index contributed by atoms with van der Waals surface area (Å²) in [4.78, 5) is 2.35. The Kier molecular flexibility index (Phi) is 2.48. The number of likely N-dealkylation sites (N-methyl/N-ethyl adjacent to an activating group) is 1. The first-order chi connectivity index (χ1) is 7.79. The number of aromatic nitrogens is 2. The minimum absolute atomic E-state index is 0.610. The molecule has 2 aliphatic rings. The molecule has 0 spiro atoms. The van der Waals surface area contributed by atoms with E-state index in [0.717, 1.165) is 39.0 Å². The van der Waals surface area contributed by atoms with Gasteiger partial charge in [-0.3, -0.25) is 4.68 Å². The third-order valence-electron chi connectivity index (χ3n) is 3.77. The molecule has 16 heavy (non-hydrogen) atoms. The maximum absolute atomic E-state index is 4.82. The molecule has 3 heterocycles. The van der Waals surface area contributed by atoms with Crippen molar-refractivity contribution in [2.75, 3.05) is 26.7 Å². The minimum Gasteiger partial charge on any atom is -0.311 e. The topological polar surface area (TPSA) is 33.1 Å². The third-order valence-corrected chi connectivity index (χ3v) is 3.77. The van der Waals surface area contributed by atoms with Gasteiger partial charge in [0.15, 0.2) is 0 Å². The van der Waals surface area contributed by atoms with Gasteiger partial charge in [0.25, 0.3) is 0 Å². The quantitative estimate of drug-likeness (QED) is 0.791. The second-order valence-corrected chi connectivity index (χ2v) is 4.97. The van der Waals surface area contributed by atoms with Crippen LogP contribution in [-0.4, -0.2) is 41.4 Å². The molecule has 0 aliphatic carbocycles. The fraction of sp³-hybridized carbons (Fsp3) is 0.750. The Hall–Kier alpha value is -0.870. The maximum Gasteiger partial charge on any atom is 0.0776 e. The van der Waals surface area contributed by atoms with Crippen LogP contribution in [0.15, 0.2) is 0 Å². The van der Waals surface area contributed by atoms with Gasteiger partial charge in [0.1, 0.15) is 0 Å². The molecule has 1 saturated heterocycles. The molecule has 88 valence electrons. The van der Waals surface area contributed by atoms with Gasteiger partial charge in [-0.05, 0) is 32.0 Å². The van der Waals surface area contributed by atoms with Crippen molar-refractivity contribution < 1.29 is 0 Å². The van der Waals surface area contributed by atoms with Crippen LogP contribution >= 0.6 is 0 Å². The molecule has 0 saturated carbocycles. The van der Waals surface area contributed by atoms with E-state index in [2.05, 4.69) is 28.9 Å². The molecule has 2 aliphatic heterocycles. The molecule has 0 amide bonds. The van der Waals surface area contributed by atoms with Gasteiger partial charge in [-0.25, -0.2) is 0 Å². The van der Waals surface area contributed by atoms with Gasteiger partial charge >= 0.3 is 0 Å². The average molecular weight is 220 g/mol. The fourth-order valence-electron chi connectivity index (χ4n) is 2.86. The van der Waals surface area contributed by atoms with Crippen LogP contribution in [-0.2, 0) is 19.4 Å². The summed E-state index contributed by atoms with van der Waals surface area (Å²) >= 11 is 0. The molecule has 1 aromatic heterocycles. The number of fused-ring (bicyclic) bond motifs is 1. The van der Waals surface area contributed by atoms with Crippen molar-refractivity contribution in [2.45, 2.75) is 32.4 Å². The van der Waals surface area contributed by atoms with Crippen LogP contribution in [0.3, 0.4) is 0 Å². The SMILES string of the molecule is CCc1nn(C2CN(C)C2)c2c1CCNC2. The van der Waals surface area contributed by atoms with Gasteiger partial charge < -0.3 is 10.2 Å². The van der Waals surface area contributed by atoms with Gasteiger partial charge in [0.2, 0.25) is 0 Å². The summed E-state index contributed by atoms with van der Waals surface area (Å²) in [6.07, 6.45) is 2.22. The number of likely N-dealkylation sites (tertiary alicyclic amines) is 1. The van der Waals surface area contributed by atoms with E-state index in [9.17, 15) is 0 Å². The number of hydrogen-bond donors (Lipinski definition) is 1. The molecule has 0 aromatic carbocycles. The van der Waals surface area contributed by atoms with E-state index in [-0.39, 0.29) is 0 Å². The molecule has 0 atom stereocenters. The zero-order chi connectivity index (χ0) is 11.1. The van der Waals surface area contributed by atoms with Crippen LogP contribution in [0.5, 0.6) is 0 Å². The lowest BCUT2D eigenvalue weighted by molar-refractivity contribution is 0.127. The standard InChI is InChI=1S/C12H20N4/c1-3-11-10-4-5-13-6-12(10)16(14-11)9-7-15(2)8-9/h9,13H,3-8H2,1-2H3. The first kappa shape index (κ1) is 10.3. The Morgan fingerprint density at radius 3 is 2.94 bits per heavy atom. The van der Waals surface area contributed by atoms with Gasteiger partial charge in [-0.15, -0.1) is 0 Å². The summed E-state index contributed by atoms with van der Waals surface area (Å²) in [7, 11) is 2.17. The highest BCUT2D eigenvalue weighted by Gasteiger charge is 2.30. The Bertz CT molecular complexity index is 390. The van der Waals surface area contributed by atoms with Crippen LogP contribution in [0.1, 0.15) is 29.9 Å². The van der Waals surface area contributed by atoms with E-state index in [1.165, 1.54) is 17.0 Å². The predicted molar refractivity (Wildman–Crippen MR) is 63.5 cm³/mol. The Morgan fingerprint density at radius 2 is 2.25 bits per heavy atom. The number of nitrogens with zero attached hydrogens (tertiary/aromatic N) is 3. The Morgan fingerprint density at radius 1 is 1.44 bits per heavy atom. The molecule has 0 unspecified atom stereocenters. The molecule has 1 fully saturated rings. The van der Waals surface area contributed by atoms with Crippen LogP contribution in [0, 0.1) is 0 Å². The largest absolute Gasteiger partial charge is 0.311 e. The van der Waals surface area contributed by atoms with Gasteiger partial charge in [-0.2, -0.15) is 5.10 Å². The lowest BCUT2D eigenvalue weighted by Crippen LogP contribution is -2.46. The summed E-state index contributed by atoms with van der Waals surface area (Å²) in [5.41, 5.74) is 4.29. The Labute approximate surface area is 96.6 Å².